The highest BCUT2D eigenvalue weighted by Crippen LogP contribution is 2.27. The highest BCUT2D eigenvalue weighted by Gasteiger charge is 2.18. The molecule has 6 nitrogen and oxygen atoms in total. The number of para-hydroxylation sites is 2. The molecule has 1 heterocycles. The van der Waals surface area contributed by atoms with Crippen molar-refractivity contribution in [1.29, 1.82) is 0 Å². The first-order valence-corrected chi connectivity index (χ1v) is 8.44. The van der Waals surface area contributed by atoms with Crippen molar-refractivity contribution in [3.8, 4) is 22.9 Å². The third kappa shape index (κ3) is 4.13. The number of methoxy groups -OCH3 is 1. The first-order valence-electron chi connectivity index (χ1n) is 7.67. The maximum atomic E-state index is 12.3. The molecule has 0 bridgehead atoms. The summed E-state index contributed by atoms with van der Waals surface area (Å²) >= 11 is 1.13. The predicted molar refractivity (Wildman–Crippen MR) is 97.1 cm³/mol. The summed E-state index contributed by atoms with van der Waals surface area (Å²) in [4.78, 5) is 16.7. The van der Waals surface area contributed by atoms with E-state index in [1.165, 1.54) is 0 Å². The Bertz CT molecular complexity index is 852. The average molecular weight is 355 g/mol. The lowest BCUT2D eigenvalue weighted by Gasteiger charge is -2.15. The van der Waals surface area contributed by atoms with Crippen molar-refractivity contribution in [3.63, 3.8) is 0 Å². The van der Waals surface area contributed by atoms with Crippen LogP contribution in [0.3, 0.4) is 0 Å². The van der Waals surface area contributed by atoms with E-state index >= 15 is 0 Å². The fourth-order valence-corrected chi connectivity index (χ4v) is 2.74. The van der Waals surface area contributed by atoms with Gasteiger partial charge in [0.2, 0.25) is 5.13 Å². The number of carbonyl (C=O) groups is 1. The molecule has 3 aromatic rings. The van der Waals surface area contributed by atoms with E-state index in [2.05, 4.69) is 14.7 Å². The highest BCUT2D eigenvalue weighted by atomic mass is 32.1. The van der Waals surface area contributed by atoms with E-state index in [4.69, 9.17) is 9.47 Å². The van der Waals surface area contributed by atoms with Crippen LogP contribution in [0.5, 0.6) is 11.5 Å². The summed E-state index contributed by atoms with van der Waals surface area (Å²) in [5, 5.41) is 3.16. The largest absolute Gasteiger partial charge is 0.493 e. The Morgan fingerprint density at radius 3 is 2.48 bits per heavy atom. The van der Waals surface area contributed by atoms with Crippen LogP contribution in [-0.2, 0) is 4.79 Å². The van der Waals surface area contributed by atoms with E-state index in [1.807, 2.05) is 42.5 Å². The number of amides is 1. The Labute approximate surface area is 149 Å². The van der Waals surface area contributed by atoms with Gasteiger partial charge in [0, 0.05) is 17.1 Å². The standard InChI is InChI=1S/C18H17N3O3S/c1-12(24-15-11-7-6-10-14(15)23-2)17(22)20-18-19-16(21-25-18)13-8-4-3-5-9-13/h3-12H,1-2H3,(H,19,20,21,22). The zero-order chi connectivity index (χ0) is 17.6. The summed E-state index contributed by atoms with van der Waals surface area (Å²) in [6, 6.07) is 16.8. The Hall–Kier alpha value is -2.93. The Balaban J connectivity index is 1.65. The molecule has 1 aromatic heterocycles. The highest BCUT2D eigenvalue weighted by molar-refractivity contribution is 7.10. The van der Waals surface area contributed by atoms with Crippen molar-refractivity contribution in [2.75, 3.05) is 12.4 Å². The molecule has 0 saturated carbocycles. The normalized spacial score (nSPS) is 11.6. The van der Waals surface area contributed by atoms with Crippen molar-refractivity contribution in [2.45, 2.75) is 13.0 Å². The number of hydrogen-bond acceptors (Lipinski definition) is 6. The molecule has 0 fully saturated rings. The fraction of sp³-hybridized carbons (Fsp3) is 0.167. The quantitative estimate of drug-likeness (QED) is 0.731. The third-order valence-corrected chi connectivity index (χ3v) is 4.06. The van der Waals surface area contributed by atoms with E-state index in [1.54, 1.807) is 26.2 Å². The Morgan fingerprint density at radius 1 is 1.08 bits per heavy atom. The van der Waals surface area contributed by atoms with Gasteiger partial charge < -0.3 is 9.47 Å². The van der Waals surface area contributed by atoms with Crippen molar-refractivity contribution in [2.24, 2.45) is 0 Å². The molecule has 1 unspecified atom stereocenters. The van der Waals surface area contributed by atoms with Crippen LogP contribution in [0.1, 0.15) is 6.92 Å². The third-order valence-electron chi connectivity index (χ3n) is 3.43. The van der Waals surface area contributed by atoms with Crippen LogP contribution in [0.25, 0.3) is 11.4 Å². The summed E-state index contributed by atoms with van der Waals surface area (Å²) in [6.07, 6.45) is -0.708. The van der Waals surface area contributed by atoms with Crippen LogP contribution < -0.4 is 14.8 Å². The van der Waals surface area contributed by atoms with Gasteiger partial charge in [0.05, 0.1) is 7.11 Å². The van der Waals surface area contributed by atoms with Gasteiger partial charge in [-0.3, -0.25) is 10.1 Å². The van der Waals surface area contributed by atoms with E-state index < -0.39 is 6.10 Å². The molecule has 25 heavy (non-hydrogen) atoms. The minimum atomic E-state index is -0.708. The lowest BCUT2D eigenvalue weighted by molar-refractivity contribution is -0.122. The molecule has 1 atom stereocenters. The number of nitrogens with zero attached hydrogens (tertiary/aromatic N) is 2. The minimum Gasteiger partial charge on any atom is -0.493 e. The Kier molecular flexibility index (Phi) is 5.25. The second kappa shape index (κ2) is 7.76. The van der Waals surface area contributed by atoms with Crippen LogP contribution in [0.2, 0.25) is 0 Å². The second-order valence-corrected chi connectivity index (χ2v) is 5.94. The first kappa shape index (κ1) is 16.9. The summed E-state index contributed by atoms with van der Waals surface area (Å²) in [5.74, 6) is 1.36. The first-order chi connectivity index (χ1) is 12.2. The molecule has 0 radical (unpaired) electrons. The molecule has 128 valence electrons. The Morgan fingerprint density at radius 2 is 1.76 bits per heavy atom. The number of carbonyl (C=O) groups excluding carboxylic acids is 1. The maximum absolute atomic E-state index is 12.3. The van der Waals surface area contributed by atoms with Gasteiger partial charge in [0.25, 0.3) is 5.91 Å². The summed E-state index contributed by atoms with van der Waals surface area (Å²) in [5.41, 5.74) is 0.901. The molecule has 0 aliphatic heterocycles. The molecule has 2 aromatic carbocycles. The molecule has 3 rings (SSSR count). The number of hydrogen-bond donors (Lipinski definition) is 1. The van der Waals surface area contributed by atoms with Gasteiger partial charge in [0.15, 0.2) is 23.4 Å². The van der Waals surface area contributed by atoms with Crippen LogP contribution in [0.4, 0.5) is 5.13 Å². The number of rotatable bonds is 6. The van der Waals surface area contributed by atoms with Crippen molar-refractivity contribution in [3.05, 3.63) is 54.6 Å². The van der Waals surface area contributed by atoms with Crippen LogP contribution in [0.15, 0.2) is 54.6 Å². The maximum Gasteiger partial charge on any atom is 0.266 e. The van der Waals surface area contributed by atoms with E-state index in [-0.39, 0.29) is 5.91 Å². The van der Waals surface area contributed by atoms with Crippen molar-refractivity contribution >= 4 is 22.6 Å². The van der Waals surface area contributed by atoms with Crippen LogP contribution in [-0.4, -0.2) is 28.5 Å². The number of ether oxygens (including phenoxy) is 2. The van der Waals surface area contributed by atoms with Gasteiger partial charge in [-0.15, -0.1) is 0 Å². The predicted octanol–water partition coefficient (Wildman–Crippen LogP) is 3.62. The topological polar surface area (TPSA) is 73.3 Å². The van der Waals surface area contributed by atoms with Crippen LogP contribution >= 0.6 is 11.5 Å². The monoisotopic (exact) mass is 355 g/mol. The van der Waals surface area contributed by atoms with Crippen molar-refractivity contribution in [1.82, 2.24) is 9.36 Å². The number of aromatic nitrogens is 2. The smallest absolute Gasteiger partial charge is 0.266 e. The van der Waals surface area contributed by atoms with Gasteiger partial charge in [-0.2, -0.15) is 9.36 Å². The van der Waals surface area contributed by atoms with Gasteiger partial charge in [-0.1, -0.05) is 42.5 Å². The summed E-state index contributed by atoms with van der Waals surface area (Å²) in [6.45, 7) is 1.67. The van der Waals surface area contributed by atoms with E-state index in [0.29, 0.717) is 22.5 Å². The van der Waals surface area contributed by atoms with E-state index in [0.717, 1.165) is 17.1 Å². The molecule has 0 aliphatic carbocycles. The zero-order valence-electron chi connectivity index (χ0n) is 13.8. The second-order valence-electron chi connectivity index (χ2n) is 5.19. The van der Waals surface area contributed by atoms with Gasteiger partial charge in [0.1, 0.15) is 0 Å². The van der Waals surface area contributed by atoms with Crippen LogP contribution in [0, 0.1) is 0 Å². The molecule has 1 N–H and O–H groups in total. The molecule has 0 saturated heterocycles. The zero-order valence-corrected chi connectivity index (χ0v) is 14.6. The number of anilines is 1. The number of benzene rings is 2. The summed E-state index contributed by atoms with van der Waals surface area (Å²) in [7, 11) is 1.55. The minimum absolute atomic E-state index is 0.304. The van der Waals surface area contributed by atoms with Gasteiger partial charge in [-0.25, -0.2) is 0 Å². The molecule has 0 aliphatic rings. The molecule has 7 heteroatoms. The average Bonchev–Trinajstić information content (AvgIpc) is 3.11. The molecule has 1 amide bonds. The fourth-order valence-electron chi connectivity index (χ4n) is 2.15. The number of nitrogens with one attached hydrogen (secondary N) is 1. The summed E-state index contributed by atoms with van der Waals surface area (Å²) < 4.78 is 15.2. The molecular weight excluding hydrogens is 338 g/mol. The van der Waals surface area contributed by atoms with Crippen molar-refractivity contribution < 1.29 is 14.3 Å². The SMILES string of the molecule is COc1ccccc1OC(C)C(=O)Nc1nc(-c2ccccc2)ns1. The van der Waals surface area contributed by atoms with Gasteiger partial charge >= 0.3 is 0 Å². The van der Waals surface area contributed by atoms with E-state index in [9.17, 15) is 4.79 Å². The molecule has 0 spiro atoms. The molecular formula is C18H17N3O3S. The lowest BCUT2D eigenvalue weighted by atomic mass is 10.2. The van der Waals surface area contributed by atoms with Gasteiger partial charge in [-0.05, 0) is 19.1 Å². The lowest BCUT2D eigenvalue weighted by Crippen LogP contribution is -2.30.